The van der Waals surface area contributed by atoms with E-state index in [0.29, 0.717) is 6.61 Å². The van der Waals surface area contributed by atoms with E-state index in [2.05, 4.69) is 10.2 Å². The van der Waals surface area contributed by atoms with Gasteiger partial charge in [0.2, 0.25) is 0 Å². The highest BCUT2D eigenvalue weighted by atomic mass is 32.2. The van der Waals surface area contributed by atoms with Gasteiger partial charge in [0.15, 0.2) is 5.03 Å². The molecule has 1 aromatic heterocycles. The molecule has 1 aromatic rings. The number of aliphatic hydroxyl groups is 1. The molecule has 1 aliphatic heterocycles. The van der Waals surface area contributed by atoms with E-state index in [-0.39, 0.29) is 24.8 Å². The van der Waals surface area contributed by atoms with Crippen molar-refractivity contribution >= 4 is 10.0 Å². The molecule has 7 nitrogen and oxygen atoms in total. The van der Waals surface area contributed by atoms with E-state index >= 15 is 0 Å². The first-order chi connectivity index (χ1) is 7.66. The summed E-state index contributed by atoms with van der Waals surface area (Å²) in [6.07, 6.45) is 1.38. The number of rotatable bonds is 3. The van der Waals surface area contributed by atoms with E-state index in [1.807, 2.05) is 0 Å². The number of hydrogen-bond acceptors (Lipinski definition) is 5. The van der Waals surface area contributed by atoms with Crippen LogP contribution in [-0.2, 0) is 14.8 Å². The second-order valence-electron chi connectivity index (χ2n) is 3.45. The summed E-state index contributed by atoms with van der Waals surface area (Å²) in [4.78, 5) is 0. The highest BCUT2D eigenvalue weighted by Crippen LogP contribution is 2.18. The summed E-state index contributed by atoms with van der Waals surface area (Å²) in [5, 5.41) is 15.2. The molecule has 0 saturated carbocycles. The number of sulfonamides is 1. The molecule has 0 bridgehead atoms. The third-order valence-electron chi connectivity index (χ3n) is 2.45. The smallest absolute Gasteiger partial charge is 0.260 e. The maximum absolute atomic E-state index is 12.1. The topological polar surface area (TPSA) is 95.5 Å². The van der Waals surface area contributed by atoms with Gasteiger partial charge in [0.05, 0.1) is 32.1 Å². The van der Waals surface area contributed by atoms with Crippen LogP contribution in [0.15, 0.2) is 17.3 Å². The molecule has 8 heteroatoms. The van der Waals surface area contributed by atoms with Gasteiger partial charge in [-0.15, -0.1) is 0 Å². The van der Waals surface area contributed by atoms with Crippen LogP contribution in [0.4, 0.5) is 0 Å². The van der Waals surface area contributed by atoms with E-state index in [9.17, 15) is 8.42 Å². The number of hydrogen-bond donors (Lipinski definition) is 2. The minimum Gasteiger partial charge on any atom is -0.395 e. The Morgan fingerprint density at radius 2 is 2.50 bits per heavy atom. The molecule has 0 radical (unpaired) electrons. The first-order valence-electron chi connectivity index (χ1n) is 4.86. The van der Waals surface area contributed by atoms with Crippen LogP contribution in [0.1, 0.15) is 0 Å². The average Bonchev–Trinajstić information content (AvgIpc) is 2.83. The lowest BCUT2D eigenvalue weighted by molar-refractivity contribution is 0.0108. The van der Waals surface area contributed by atoms with Crippen LogP contribution in [0, 0.1) is 0 Å². The summed E-state index contributed by atoms with van der Waals surface area (Å²) in [6, 6.07) is 0.862. The minimum absolute atomic E-state index is 0.0350. The van der Waals surface area contributed by atoms with Crippen LogP contribution in [0.25, 0.3) is 0 Å². The summed E-state index contributed by atoms with van der Waals surface area (Å²) in [6.45, 7) is 0.535. The van der Waals surface area contributed by atoms with Crippen molar-refractivity contribution in [1.82, 2.24) is 14.5 Å². The first-order valence-corrected chi connectivity index (χ1v) is 6.30. The molecule has 2 rings (SSSR count). The highest BCUT2D eigenvalue weighted by Gasteiger charge is 2.34. The number of ether oxygens (including phenoxy) is 1. The predicted octanol–water partition coefficient (Wildman–Crippen LogP) is -1.21. The molecule has 0 spiro atoms. The van der Waals surface area contributed by atoms with Crippen LogP contribution < -0.4 is 0 Å². The zero-order valence-electron chi connectivity index (χ0n) is 8.54. The largest absolute Gasteiger partial charge is 0.395 e. The molecule has 1 aliphatic rings. The fourth-order valence-corrected chi connectivity index (χ4v) is 3.10. The molecule has 1 fully saturated rings. The lowest BCUT2D eigenvalue weighted by Gasteiger charge is -2.32. The number of morpholine rings is 1. The van der Waals surface area contributed by atoms with Crippen molar-refractivity contribution in [2.24, 2.45) is 0 Å². The second-order valence-corrected chi connectivity index (χ2v) is 5.31. The number of H-pyrrole nitrogens is 1. The Labute approximate surface area is 93.1 Å². The van der Waals surface area contributed by atoms with Gasteiger partial charge in [0, 0.05) is 6.54 Å². The summed E-state index contributed by atoms with van der Waals surface area (Å²) in [5.41, 5.74) is 0. The average molecular weight is 247 g/mol. The lowest BCUT2D eigenvalue weighted by Crippen LogP contribution is -2.50. The zero-order valence-corrected chi connectivity index (χ0v) is 9.35. The van der Waals surface area contributed by atoms with E-state index in [1.165, 1.54) is 16.6 Å². The maximum atomic E-state index is 12.1. The molecule has 16 heavy (non-hydrogen) atoms. The Kier molecular flexibility index (Phi) is 3.24. The Morgan fingerprint density at radius 3 is 3.12 bits per heavy atom. The van der Waals surface area contributed by atoms with Crippen LogP contribution in [0.2, 0.25) is 0 Å². The van der Waals surface area contributed by atoms with Crippen molar-refractivity contribution < 1.29 is 18.3 Å². The molecule has 1 atom stereocenters. The molecule has 2 heterocycles. The molecular weight excluding hydrogens is 234 g/mol. The van der Waals surface area contributed by atoms with Gasteiger partial charge in [-0.3, -0.25) is 5.10 Å². The fourth-order valence-electron chi connectivity index (χ4n) is 1.61. The summed E-state index contributed by atoms with van der Waals surface area (Å²) < 4.78 is 30.6. The molecule has 0 aromatic carbocycles. The van der Waals surface area contributed by atoms with Crippen LogP contribution >= 0.6 is 0 Å². The van der Waals surface area contributed by atoms with Crippen molar-refractivity contribution in [1.29, 1.82) is 0 Å². The second kappa shape index (κ2) is 4.50. The van der Waals surface area contributed by atoms with Crippen molar-refractivity contribution in [3.05, 3.63) is 12.3 Å². The molecule has 0 aliphatic carbocycles. The summed E-state index contributed by atoms with van der Waals surface area (Å²) in [7, 11) is -3.60. The Hall–Kier alpha value is -0.960. The Balaban J connectivity index is 2.28. The van der Waals surface area contributed by atoms with Crippen LogP contribution in [-0.4, -0.2) is 60.4 Å². The normalized spacial score (nSPS) is 23.4. The maximum Gasteiger partial charge on any atom is 0.260 e. The van der Waals surface area contributed by atoms with E-state index in [0.717, 1.165) is 0 Å². The van der Waals surface area contributed by atoms with Gasteiger partial charge < -0.3 is 9.84 Å². The first kappa shape index (κ1) is 11.5. The van der Waals surface area contributed by atoms with E-state index < -0.39 is 16.1 Å². The third-order valence-corrected chi connectivity index (χ3v) is 4.33. The predicted molar refractivity (Wildman–Crippen MR) is 54.2 cm³/mol. The number of nitrogens with one attached hydrogen (secondary N) is 1. The van der Waals surface area contributed by atoms with Gasteiger partial charge in [-0.05, 0) is 6.07 Å². The van der Waals surface area contributed by atoms with Crippen LogP contribution in [0.3, 0.4) is 0 Å². The van der Waals surface area contributed by atoms with Crippen molar-refractivity contribution in [3.8, 4) is 0 Å². The lowest BCUT2D eigenvalue weighted by atomic mass is 10.3. The fraction of sp³-hybridized carbons (Fsp3) is 0.625. The molecule has 1 saturated heterocycles. The van der Waals surface area contributed by atoms with Gasteiger partial charge in [0.25, 0.3) is 10.0 Å². The van der Waals surface area contributed by atoms with Crippen molar-refractivity contribution in [3.63, 3.8) is 0 Å². The molecular formula is C8H13N3O4S. The standard InChI is InChI=1S/C8H13N3O4S/c12-5-7-6-15-4-3-11(7)16(13,14)8-1-2-9-10-8/h1-2,7,12H,3-6H2,(H,9,10). The number of aliphatic hydroxyl groups excluding tert-OH is 1. The Morgan fingerprint density at radius 1 is 1.69 bits per heavy atom. The van der Waals surface area contributed by atoms with Crippen LogP contribution in [0.5, 0.6) is 0 Å². The third kappa shape index (κ3) is 1.96. The van der Waals surface area contributed by atoms with Gasteiger partial charge in [-0.2, -0.15) is 9.40 Å². The quantitative estimate of drug-likeness (QED) is 0.699. The summed E-state index contributed by atoms with van der Waals surface area (Å²) >= 11 is 0. The molecule has 2 N–H and O–H groups in total. The van der Waals surface area contributed by atoms with Gasteiger partial charge in [0.1, 0.15) is 0 Å². The van der Waals surface area contributed by atoms with Crippen molar-refractivity contribution in [2.45, 2.75) is 11.1 Å². The van der Waals surface area contributed by atoms with Gasteiger partial charge in [-0.1, -0.05) is 0 Å². The Bertz CT molecular complexity index is 430. The van der Waals surface area contributed by atoms with Gasteiger partial charge >= 0.3 is 0 Å². The highest BCUT2D eigenvalue weighted by molar-refractivity contribution is 7.89. The monoisotopic (exact) mass is 247 g/mol. The van der Waals surface area contributed by atoms with Crippen molar-refractivity contribution in [2.75, 3.05) is 26.4 Å². The minimum atomic E-state index is -3.60. The number of aromatic nitrogens is 2. The number of aromatic amines is 1. The number of nitrogens with zero attached hydrogens (tertiary/aromatic N) is 2. The van der Waals surface area contributed by atoms with Gasteiger partial charge in [-0.25, -0.2) is 8.42 Å². The molecule has 1 unspecified atom stereocenters. The summed E-state index contributed by atoms with van der Waals surface area (Å²) in [5.74, 6) is 0. The molecule has 0 amide bonds. The zero-order chi connectivity index (χ0) is 11.6. The van der Waals surface area contributed by atoms with E-state index in [1.54, 1.807) is 0 Å². The van der Waals surface area contributed by atoms with E-state index in [4.69, 9.17) is 9.84 Å². The SMILES string of the molecule is O=S(=O)(c1ccn[nH]1)N1CCOCC1CO. The molecule has 90 valence electrons.